The molecule has 0 spiro atoms. The zero-order chi connectivity index (χ0) is 18.4. The van der Waals surface area contributed by atoms with Crippen LogP contribution < -0.4 is 0 Å². The third-order valence-corrected chi connectivity index (χ3v) is 4.74. The van der Waals surface area contributed by atoms with E-state index in [0.717, 1.165) is 30.5 Å². The average molecular weight is 349 g/mol. The normalized spacial score (nSPS) is 17.5. The van der Waals surface area contributed by atoms with Crippen molar-refractivity contribution in [2.75, 3.05) is 20.2 Å². The van der Waals surface area contributed by atoms with Crippen LogP contribution in [0.25, 0.3) is 6.08 Å². The summed E-state index contributed by atoms with van der Waals surface area (Å²) in [5.74, 6) is -0.203. The van der Waals surface area contributed by atoms with E-state index in [1.165, 1.54) is 18.7 Å². The molecule has 0 aromatic heterocycles. The molecule has 1 fully saturated rings. The first kappa shape index (κ1) is 18.1. The molecule has 3 rings (SSSR count). The van der Waals surface area contributed by atoms with Gasteiger partial charge in [-0.1, -0.05) is 54.6 Å². The number of Topliss-reactive ketones (excluding diaryl/α,β-unsaturated/α-hetero) is 1. The van der Waals surface area contributed by atoms with Crippen LogP contribution in [0.2, 0.25) is 0 Å². The van der Waals surface area contributed by atoms with Crippen molar-refractivity contribution in [3.63, 3.8) is 0 Å². The van der Waals surface area contributed by atoms with Gasteiger partial charge in [0.05, 0.1) is 13.7 Å². The van der Waals surface area contributed by atoms with Gasteiger partial charge in [0.25, 0.3) is 0 Å². The number of rotatable bonds is 6. The van der Waals surface area contributed by atoms with Crippen molar-refractivity contribution in [2.45, 2.75) is 18.9 Å². The lowest BCUT2D eigenvalue weighted by atomic mass is 10.0. The maximum atomic E-state index is 12.5. The molecular formula is C22H23NO3. The second kappa shape index (κ2) is 8.59. The summed E-state index contributed by atoms with van der Waals surface area (Å²) in [7, 11) is 1.36. The molecule has 1 aliphatic rings. The number of esters is 1. The fourth-order valence-electron chi connectivity index (χ4n) is 3.35. The number of carbonyl (C=O) groups is 2. The number of ether oxygens (including phenoxy) is 1. The van der Waals surface area contributed by atoms with Gasteiger partial charge in [0.15, 0.2) is 5.78 Å². The Labute approximate surface area is 154 Å². The molecule has 4 nitrogen and oxygen atoms in total. The van der Waals surface area contributed by atoms with Crippen LogP contribution in [0.4, 0.5) is 0 Å². The van der Waals surface area contributed by atoms with E-state index in [-0.39, 0.29) is 17.8 Å². The van der Waals surface area contributed by atoms with Crippen LogP contribution in [-0.2, 0) is 9.53 Å². The highest BCUT2D eigenvalue weighted by Gasteiger charge is 2.27. The first-order valence-electron chi connectivity index (χ1n) is 8.85. The Hall–Kier alpha value is -2.72. The van der Waals surface area contributed by atoms with Crippen molar-refractivity contribution >= 4 is 17.8 Å². The molecular weight excluding hydrogens is 326 g/mol. The topological polar surface area (TPSA) is 46.6 Å². The van der Waals surface area contributed by atoms with Crippen molar-refractivity contribution in [3.8, 4) is 0 Å². The summed E-state index contributed by atoms with van der Waals surface area (Å²) in [4.78, 5) is 25.9. The van der Waals surface area contributed by atoms with Crippen LogP contribution in [-0.4, -0.2) is 36.9 Å². The second-order valence-electron chi connectivity index (χ2n) is 6.44. The van der Waals surface area contributed by atoms with Crippen LogP contribution in [0.15, 0.2) is 60.7 Å². The Kier molecular flexibility index (Phi) is 5.97. The lowest BCUT2D eigenvalue weighted by Gasteiger charge is -2.24. The van der Waals surface area contributed by atoms with Gasteiger partial charge in [-0.15, -0.1) is 0 Å². The molecule has 134 valence electrons. The Morgan fingerprint density at radius 3 is 2.54 bits per heavy atom. The maximum absolute atomic E-state index is 12.5. The zero-order valence-electron chi connectivity index (χ0n) is 14.9. The largest absolute Gasteiger partial charge is 0.466 e. The Bertz CT molecular complexity index is 781. The number of hydrogen-bond donors (Lipinski definition) is 0. The fourth-order valence-corrected chi connectivity index (χ4v) is 3.35. The van der Waals surface area contributed by atoms with Gasteiger partial charge in [-0.3, -0.25) is 9.69 Å². The summed E-state index contributed by atoms with van der Waals surface area (Å²) >= 11 is 0. The van der Waals surface area contributed by atoms with Crippen molar-refractivity contribution in [1.82, 2.24) is 4.90 Å². The molecule has 0 aliphatic carbocycles. The minimum absolute atomic E-state index is 0.162. The fraction of sp³-hybridized carbons (Fsp3) is 0.273. The first-order chi connectivity index (χ1) is 12.7. The number of hydrogen-bond acceptors (Lipinski definition) is 4. The molecule has 0 bridgehead atoms. The highest BCUT2D eigenvalue weighted by molar-refractivity contribution is 5.97. The molecule has 0 saturated carbocycles. The van der Waals surface area contributed by atoms with Crippen molar-refractivity contribution < 1.29 is 14.3 Å². The van der Waals surface area contributed by atoms with Crippen molar-refractivity contribution in [3.05, 3.63) is 77.4 Å². The number of methoxy groups -OCH3 is 1. The molecule has 1 heterocycles. The summed E-state index contributed by atoms with van der Waals surface area (Å²) in [5.41, 5.74) is 2.92. The van der Waals surface area contributed by atoms with Gasteiger partial charge in [-0.05, 0) is 36.6 Å². The van der Waals surface area contributed by atoms with E-state index < -0.39 is 0 Å². The predicted molar refractivity (Wildman–Crippen MR) is 102 cm³/mol. The van der Waals surface area contributed by atoms with Gasteiger partial charge in [0.1, 0.15) is 0 Å². The number of carbonyl (C=O) groups excluding carboxylic acids is 2. The standard InChI is InChI=1S/C22H23NO3/c1-26-22(25)14-11-17-9-12-18(13-10-17)20-8-5-15-23(20)16-21(24)19-6-3-2-4-7-19/h2-4,6-7,9-14,20H,5,8,15-16H2,1H3/b14-11+/t20-/m0/s1. The summed E-state index contributed by atoms with van der Waals surface area (Å²) < 4.78 is 4.60. The molecule has 0 radical (unpaired) electrons. The van der Waals surface area contributed by atoms with Crippen LogP contribution in [0.5, 0.6) is 0 Å². The van der Waals surface area contributed by atoms with Crippen molar-refractivity contribution in [2.24, 2.45) is 0 Å². The first-order valence-corrected chi connectivity index (χ1v) is 8.85. The summed E-state index contributed by atoms with van der Waals surface area (Å²) in [6, 6.07) is 17.9. The Morgan fingerprint density at radius 2 is 1.85 bits per heavy atom. The molecule has 0 unspecified atom stereocenters. The molecule has 1 atom stereocenters. The number of nitrogens with zero attached hydrogens (tertiary/aromatic N) is 1. The molecule has 1 aliphatic heterocycles. The monoisotopic (exact) mass is 349 g/mol. The Morgan fingerprint density at radius 1 is 1.12 bits per heavy atom. The highest BCUT2D eigenvalue weighted by atomic mass is 16.5. The summed E-state index contributed by atoms with van der Waals surface area (Å²) in [5, 5.41) is 0. The molecule has 2 aromatic carbocycles. The lowest BCUT2D eigenvalue weighted by Crippen LogP contribution is -2.29. The van der Waals surface area contributed by atoms with Crippen LogP contribution in [0.1, 0.15) is 40.4 Å². The van der Waals surface area contributed by atoms with Crippen molar-refractivity contribution in [1.29, 1.82) is 0 Å². The third-order valence-electron chi connectivity index (χ3n) is 4.74. The van der Waals surface area contributed by atoms with Crippen LogP contribution >= 0.6 is 0 Å². The number of ketones is 1. The average Bonchev–Trinajstić information content (AvgIpc) is 3.15. The quantitative estimate of drug-likeness (QED) is 0.451. The van der Waals surface area contributed by atoms with E-state index in [2.05, 4.69) is 21.8 Å². The third kappa shape index (κ3) is 4.46. The van der Waals surface area contributed by atoms with Gasteiger partial charge in [0, 0.05) is 17.7 Å². The molecule has 0 N–H and O–H groups in total. The van der Waals surface area contributed by atoms with Gasteiger partial charge in [-0.2, -0.15) is 0 Å². The second-order valence-corrected chi connectivity index (χ2v) is 6.44. The van der Waals surface area contributed by atoms with Gasteiger partial charge < -0.3 is 4.74 Å². The summed E-state index contributed by atoms with van der Waals surface area (Å²) in [6.45, 7) is 1.38. The van der Waals surface area contributed by atoms with Crippen LogP contribution in [0.3, 0.4) is 0 Å². The van der Waals surface area contributed by atoms with Gasteiger partial charge in [0.2, 0.25) is 0 Å². The van der Waals surface area contributed by atoms with E-state index in [0.29, 0.717) is 6.54 Å². The van der Waals surface area contributed by atoms with Gasteiger partial charge >= 0.3 is 5.97 Å². The number of benzene rings is 2. The van der Waals surface area contributed by atoms with E-state index >= 15 is 0 Å². The minimum atomic E-state index is -0.365. The van der Waals surface area contributed by atoms with Crippen LogP contribution in [0, 0.1) is 0 Å². The zero-order valence-corrected chi connectivity index (χ0v) is 14.9. The molecule has 0 amide bonds. The smallest absolute Gasteiger partial charge is 0.330 e. The SMILES string of the molecule is COC(=O)/C=C/c1ccc([C@@H]2CCCN2CC(=O)c2ccccc2)cc1. The molecule has 1 saturated heterocycles. The van der Waals surface area contributed by atoms with Gasteiger partial charge in [-0.25, -0.2) is 4.79 Å². The van der Waals surface area contributed by atoms with E-state index in [1.807, 2.05) is 42.5 Å². The Balaban J connectivity index is 1.67. The van der Waals surface area contributed by atoms with E-state index in [4.69, 9.17) is 0 Å². The lowest BCUT2D eigenvalue weighted by molar-refractivity contribution is -0.134. The van der Waals surface area contributed by atoms with E-state index in [9.17, 15) is 9.59 Å². The van der Waals surface area contributed by atoms with E-state index in [1.54, 1.807) is 6.08 Å². The maximum Gasteiger partial charge on any atom is 0.330 e. The molecule has 2 aromatic rings. The molecule has 26 heavy (non-hydrogen) atoms. The minimum Gasteiger partial charge on any atom is -0.466 e. The highest BCUT2D eigenvalue weighted by Crippen LogP contribution is 2.32. The summed E-state index contributed by atoms with van der Waals surface area (Å²) in [6.07, 6.45) is 5.30. The molecule has 4 heteroatoms. The number of likely N-dealkylation sites (tertiary alicyclic amines) is 1. The predicted octanol–water partition coefficient (Wildman–Crippen LogP) is 3.89.